The van der Waals surface area contributed by atoms with Gasteiger partial charge in [0.2, 0.25) is 0 Å². The van der Waals surface area contributed by atoms with E-state index in [1.165, 1.54) is 0 Å². The van der Waals surface area contributed by atoms with Crippen LogP contribution in [0.2, 0.25) is 10.0 Å². The molecule has 1 aromatic carbocycles. The number of benzene rings is 1. The smallest absolute Gasteiger partial charge is 0.139 e. The van der Waals surface area contributed by atoms with Gasteiger partial charge in [-0.3, -0.25) is 0 Å². The van der Waals surface area contributed by atoms with Gasteiger partial charge in [0.15, 0.2) is 0 Å². The van der Waals surface area contributed by atoms with Gasteiger partial charge in [-0.15, -0.1) is 0 Å². The Morgan fingerprint density at radius 3 is 2.47 bits per heavy atom. The van der Waals surface area contributed by atoms with Gasteiger partial charge < -0.3 is 4.74 Å². The molecule has 0 aliphatic rings. The van der Waals surface area contributed by atoms with Crippen molar-refractivity contribution >= 4 is 39.1 Å². The maximum Gasteiger partial charge on any atom is 0.139 e. The molecule has 0 saturated carbocycles. The summed E-state index contributed by atoms with van der Waals surface area (Å²) >= 11 is 15.8. The fraction of sp³-hybridized carbons (Fsp3) is 0.455. The van der Waals surface area contributed by atoms with Crippen molar-refractivity contribution in [2.24, 2.45) is 0 Å². The van der Waals surface area contributed by atoms with Gasteiger partial charge in [0.1, 0.15) is 5.75 Å². The molecule has 0 aliphatic carbocycles. The molecule has 0 bridgehead atoms. The molecule has 1 aromatic rings. The van der Waals surface area contributed by atoms with Gasteiger partial charge in [0.25, 0.3) is 0 Å². The molecular formula is C11H13BrCl2O. The highest BCUT2D eigenvalue weighted by molar-refractivity contribution is 9.09. The fourth-order valence-electron chi connectivity index (χ4n) is 1.27. The van der Waals surface area contributed by atoms with Gasteiger partial charge in [-0.1, -0.05) is 46.1 Å². The van der Waals surface area contributed by atoms with E-state index in [1.807, 2.05) is 13.0 Å². The average molecular weight is 312 g/mol. The first kappa shape index (κ1) is 13.1. The molecule has 1 atom stereocenters. The lowest BCUT2D eigenvalue weighted by molar-refractivity contribution is 0.340. The molecule has 84 valence electrons. The van der Waals surface area contributed by atoms with Crippen LogP contribution in [0.25, 0.3) is 0 Å². The van der Waals surface area contributed by atoms with E-state index in [0.717, 1.165) is 12.0 Å². The van der Waals surface area contributed by atoms with E-state index in [9.17, 15) is 0 Å². The molecule has 0 radical (unpaired) electrons. The van der Waals surface area contributed by atoms with Crippen molar-refractivity contribution < 1.29 is 4.74 Å². The maximum absolute atomic E-state index is 6.14. The summed E-state index contributed by atoms with van der Waals surface area (Å²) in [6.45, 7) is 4.58. The maximum atomic E-state index is 6.14. The Balaban J connectivity index is 3.07. The second-order valence-corrected chi connectivity index (χ2v) is 5.03. The molecule has 0 fully saturated rings. The van der Waals surface area contributed by atoms with Crippen molar-refractivity contribution in [3.8, 4) is 5.75 Å². The van der Waals surface area contributed by atoms with Crippen molar-refractivity contribution in [2.75, 3.05) is 6.61 Å². The lowest BCUT2D eigenvalue weighted by Gasteiger charge is -2.13. The Labute approximate surface area is 109 Å². The number of ether oxygens (including phenoxy) is 1. The fourth-order valence-corrected chi connectivity index (χ4v) is 2.29. The highest BCUT2D eigenvalue weighted by Gasteiger charge is 2.13. The van der Waals surface area contributed by atoms with Crippen molar-refractivity contribution in [3.63, 3.8) is 0 Å². The Hall–Kier alpha value is 0.0800. The zero-order valence-corrected chi connectivity index (χ0v) is 11.8. The minimum absolute atomic E-state index is 0.234. The van der Waals surface area contributed by atoms with Crippen LogP contribution in [0.5, 0.6) is 5.75 Å². The molecule has 1 unspecified atom stereocenters. The third-order valence-corrected chi connectivity index (χ3v) is 3.81. The third kappa shape index (κ3) is 3.27. The van der Waals surface area contributed by atoms with Gasteiger partial charge >= 0.3 is 0 Å². The third-order valence-electron chi connectivity index (χ3n) is 2.05. The minimum atomic E-state index is 0.234. The SMILES string of the molecule is CCOc1cc(Cl)c(C(Br)CC)cc1Cl. The Morgan fingerprint density at radius 1 is 1.27 bits per heavy atom. The predicted molar refractivity (Wildman–Crippen MR) is 69.6 cm³/mol. The summed E-state index contributed by atoms with van der Waals surface area (Å²) in [4.78, 5) is 0.234. The molecule has 4 heteroatoms. The Morgan fingerprint density at radius 2 is 1.93 bits per heavy atom. The van der Waals surface area contributed by atoms with Gasteiger partial charge in [-0.2, -0.15) is 0 Å². The van der Waals surface area contributed by atoms with E-state index in [-0.39, 0.29) is 4.83 Å². The van der Waals surface area contributed by atoms with Crippen LogP contribution in [0.3, 0.4) is 0 Å². The van der Waals surface area contributed by atoms with Crippen molar-refractivity contribution in [3.05, 3.63) is 27.7 Å². The molecule has 0 spiro atoms. The topological polar surface area (TPSA) is 9.23 Å². The Kier molecular flexibility index (Phi) is 5.24. The second kappa shape index (κ2) is 5.97. The van der Waals surface area contributed by atoms with Crippen LogP contribution < -0.4 is 4.74 Å². The molecule has 0 aliphatic heterocycles. The molecule has 0 amide bonds. The molecule has 15 heavy (non-hydrogen) atoms. The van der Waals surface area contributed by atoms with Crippen LogP contribution in [0, 0.1) is 0 Å². The zero-order valence-electron chi connectivity index (χ0n) is 8.69. The summed E-state index contributed by atoms with van der Waals surface area (Å²) in [7, 11) is 0. The predicted octanol–water partition coefficient (Wildman–Crippen LogP) is 5.24. The monoisotopic (exact) mass is 310 g/mol. The van der Waals surface area contributed by atoms with Crippen LogP contribution in [-0.4, -0.2) is 6.61 Å². The second-order valence-electron chi connectivity index (χ2n) is 3.11. The van der Waals surface area contributed by atoms with E-state index in [2.05, 4.69) is 22.9 Å². The molecule has 0 N–H and O–H groups in total. The summed E-state index contributed by atoms with van der Waals surface area (Å²) in [6.07, 6.45) is 0.962. The van der Waals surface area contributed by atoms with Crippen molar-refractivity contribution in [1.29, 1.82) is 0 Å². The molecule has 0 heterocycles. The Bertz CT molecular complexity index is 342. The molecule has 0 saturated heterocycles. The first-order valence-electron chi connectivity index (χ1n) is 4.85. The first-order valence-corrected chi connectivity index (χ1v) is 6.53. The summed E-state index contributed by atoms with van der Waals surface area (Å²) in [5, 5.41) is 1.29. The largest absolute Gasteiger partial charge is 0.492 e. The van der Waals surface area contributed by atoms with Crippen LogP contribution in [0.15, 0.2) is 12.1 Å². The van der Waals surface area contributed by atoms with E-state index in [1.54, 1.807) is 6.07 Å². The lowest BCUT2D eigenvalue weighted by atomic mass is 10.1. The first-order chi connectivity index (χ1) is 7.10. The van der Waals surface area contributed by atoms with E-state index in [0.29, 0.717) is 22.4 Å². The summed E-state index contributed by atoms with van der Waals surface area (Å²) in [5.74, 6) is 0.642. The van der Waals surface area contributed by atoms with Crippen molar-refractivity contribution in [2.45, 2.75) is 25.1 Å². The molecule has 0 aromatic heterocycles. The van der Waals surface area contributed by atoms with Gasteiger partial charge in [0, 0.05) is 15.9 Å². The normalized spacial score (nSPS) is 12.6. The summed E-state index contributed by atoms with van der Waals surface area (Å²) < 4.78 is 5.35. The number of hydrogen-bond donors (Lipinski definition) is 0. The summed E-state index contributed by atoms with van der Waals surface area (Å²) in [5.41, 5.74) is 1.01. The van der Waals surface area contributed by atoms with Gasteiger partial charge in [-0.05, 0) is 25.0 Å². The highest BCUT2D eigenvalue weighted by Crippen LogP contribution is 2.38. The van der Waals surface area contributed by atoms with Gasteiger partial charge in [-0.25, -0.2) is 0 Å². The van der Waals surface area contributed by atoms with E-state index in [4.69, 9.17) is 27.9 Å². The number of hydrogen-bond acceptors (Lipinski definition) is 1. The van der Waals surface area contributed by atoms with Crippen molar-refractivity contribution in [1.82, 2.24) is 0 Å². The van der Waals surface area contributed by atoms with Crippen LogP contribution >= 0.6 is 39.1 Å². The standard InChI is InChI=1S/C11H13BrCl2O/c1-3-8(12)7-5-10(14)11(15-4-2)6-9(7)13/h5-6,8H,3-4H2,1-2H3. The minimum Gasteiger partial charge on any atom is -0.492 e. The number of alkyl halides is 1. The van der Waals surface area contributed by atoms with Crippen LogP contribution in [-0.2, 0) is 0 Å². The average Bonchev–Trinajstić information content (AvgIpc) is 2.22. The zero-order chi connectivity index (χ0) is 11.4. The number of halogens is 3. The number of rotatable bonds is 4. The molecule has 1 rings (SSSR count). The summed E-state index contributed by atoms with van der Waals surface area (Å²) in [6, 6.07) is 3.63. The lowest BCUT2D eigenvalue weighted by Crippen LogP contribution is -1.95. The van der Waals surface area contributed by atoms with Crippen LogP contribution in [0.4, 0.5) is 0 Å². The highest BCUT2D eigenvalue weighted by atomic mass is 79.9. The molecular weight excluding hydrogens is 299 g/mol. The van der Waals surface area contributed by atoms with Gasteiger partial charge in [0.05, 0.1) is 11.6 Å². The van der Waals surface area contributed by atoms with E-state index >= 15 is 0 Å². The quantitative estimate of drug-likeness (QED) is 0.691. The molecule has 1 nitrogen and oxygen atoms in total. The van der Waals surface area contributed by atoms with Crippen LogP contribution in [0.1, 0.15) is 30.7 Å². The van der Waals surface area contributed by atoms with E-state index < -0.39 is 0 Å².